The average Bonchev–Trinajstić information content (AvgIpc) is 3.61. The largest absolute Gasteiger partial charge is 0.490 e. The number of nitrogens with one attached hydrogen (secondary N) is 1. The van der Waals surface area contributed by atoms with Crippen molar-refractivity contribution in [1.29, 1.82) is 0 Å². The molecule has 0 saturated carbocycles. The van der Waals surface area contributed by atoms with Crippen LogP contribution in [0.4, 0.5) is 26.3 Å². The van der Waals surface area contributed by atoms with Crippen molar-refractivity contribution < 1.29 is 56.0 Å². The van der Waals surface area contributed by atoms with E-state index in [2.05, 4.69) is 59.9 Å². The molecule has 16 heteroatoms. The van der Waals surface area contributed by atoms with Crippen molar-refractivity contribution in [1.82, 2.24) is 14.9 Å². The Bertz CT molecular complexity index is 1830. The summed E-state index contributed by atoms with van der Waals surface area (Å²) in [6.07, 6.45) is -8.24. The van der Waals surface area contributed by atoms with Crippen molar-refractivity contribution in [3.05, 3.63) is 88.7 Å². The number of aliphatic imine (C=N–C) groups is 1. The minimum Gasteiger partial charge on any atom is -0.478 e. The van der Waals surface area contributed by atoms with Crippen molar-refractivity contribution in [3.63, 3.8) is 0 Å². The fourth-order valence-corrected chi connectivity index (χ4v) is 4.79. The van der Waals surface area contributed by atoms with E-state index >= 15 is 0 Å². The van der Waals surface area contributed by atoms with Gasteiger partial charge in [-0.15, -0.1) is 0 Å². The smallest absolute Gasteiger partial charge is 0.478 e. The number of alkyl halides is 6. The summed E-state index contributed by atoms with van der Waals surface area (Å²) in [6.45, 7) is 7.93. The van der Waals surface area contributed by atoms with Crippen LogP contribution in [0.15, 0.2) is 65.7 Å². The maximum Gasteiger partial charge on any atom is 0.490 e. The number of amidine groups is 1. The summed E-state index contributed by atoms with van der Waals surface area (Å²) in [4.78, 5) is 39.1. The first-order chi connectivity index (χ1) is 22.8. The number of hydrogen-bond donors (Lipinski definition) is 4. The lowest BCUT2D eigenvalue weighted by Gasteiger charge is -2.12. The average molecular weight is 695 g/mol. The van der Waals surface area contributed by atoms with Crippen LogP contribution in [0.5, 0.6) is 0 Å². The second kappa shape index (κ2) is 15.7. The number of imidazole rings is 1. The molecule has 262 valence electrons. The van der Waals surface area contributed by atoms with Crippen LogP contribution in [-0.4, -0.2) is 73.6 Å². The summed E-state index contributed by atoms with van der Waals surface area (Å²) in [5, 5.41) is 27.3. The molecule has 0 spiro atoms. The molecule has 1 unspecified atom stereocenters. The Morgan fingerprint density at radius 1 is 0.898 bits per heavy atom. The second-order valence-corrected chi connectivity index (χ2v) is 10.9. The predicted octanol–water partition coefficient (Wildman–Crippen LogP) is 6.72. The van der Waals surface area contributed by atoms with Crippen LogP contribution in [0.2, 0.25) is 0 Å². The highest BCUT2D eigenvalue weighted by molar-refractivity contribution is 6.03. The summed E-state index contributed by atoms with van der Waals surface area (Å²) >= 11 is 0. The molecular formula is C33H32F6N4O6. The molecule has 1 aliphatic heterocycles. The number of carbonyl (C=O) groups is 3. The van der Waals surface area contributed by atoms with E-state index < -0.39 is 30.3 Å². The highest BCUT2D eigenvalue weighted by Gasteiger charge is 2.38. The molecular weight excluding hydrogens is 662 g/mol. The number of aryl methyl sites for hydroxylation is 2. The SMILES string of the molecule is CCCc1nc2c(C)cc(C3=NCC(C)N3)cc2n1Cc1ccc(-c2ccccc2C(=O)O)cc1.O=C(O)C(F)(F)F.O=C(O)C(F)(F)F. The van der Waals surface area contributed by atoms with Crippen LogP contribution in [0.3, 0.4) is 0 Å². The molecule has 0 fully saturated rings. The quantitative estimate of drug-likeness (QED) is 0.156. The van der Waals surface area contributed by atoms with Crippen LogP contribution in [0.25, 0.3) is 22.2 Å². The number of rotatable bonds is 7. The zero-order chi connectivity index (χ0) is 36.7. The lowest BCUT2D eigenvalue weighted by molar-refractivity contribution is -0.193. The highest BCUT2D eigenvalue weighted by atomic mass is 19.4. The summed E-state index contributed by atoms with van der Waals surface area (Å²) in [6, 6.07) is 20.0. The molecule has 3 aromatic carbocycles. The van der Waals surface area contributed by atoms with Gasteiger partial charge in [0.25, 0.3) is 0 Å². The summed E-state index contributed by atoms with van der Waals surface area (Å²) in [7, 11) is 0. The van der Waals surface area contributed by atoms with E-state index in [-0.39, 0.29) is 0 Å². The fourth-order valence-electron chi connectivity index (χ4n) is 4.79. The third-order valence-corrected chi connectivity index (χ3v) is 7.03. The van der Waals surface area contributed by atoms with Crippen LogP contribution in [-0.2, 0) is 22.6 Å². The summed E-state index contributed by atoms with van der Waals surface area (Å²) < 4.78 is 65.8. The minimum atomic E-state index is -5.08. The number of aromatic carboxylic acids is 1. The maximum absolute atomic E-state index is 11.6. The van der Waals surface area contributed by atoms with Crippen LogP contribution < -0.4 is 5.32 Å². The molecule has 0 aliphatic carbocycles. The summed E-state index contributed by atoms with van der Waals surface area (Å²) in [5.74, 6) is -4.40. The first-order valence-electron chi connectivity index (χ1n) is 14.7. The molecule has 4 aromatic rings. The number of carboxylic acids is 3. The Morgan fingerprint density at radius 3 is 1.96 bits per heavy atom. The molecule has 5 rings (SSSR count). The number of fused-ring (bicyclic) bond motifs is 1. The van der Waals surface area contributed by atoms with Crippen LogP contribution in [0, 0.1) is 6.92 Å². The third kappa shape index (κ3) is 10.0. The third-order valence-electron chi connectivity index (χ3n) is 7.03. The second-order valence-electron chi connectivity index (χ2n) is 10.9. The predicted molar refractivity (Wildman–Crippen MR) is 168 cm³/mol. The number of aromatic nitrogens is 2. The number of nitrogens with zero attached hydrogens (tertiary/aromatic N) is 3. The number of benzene rings is 3. The van der Waals surface area contributed by atoms with E-state index in [0.717, 1.165) is 69.9 Å². The number of hydrogen-bond acceptors (Lipinski definition) is 6. The van der Waals surface area contributed by atoms with E-state index in [9.17, 15) is 36.2 Å². The van der Waals surface area contributed by atoms with Crippen molar-refractivity contribution in [2.45, 2.75) is 58.6 Å². The number of aliphatic carboxylic acids is 2. The van der Waals surface area contributed by atoms with Gasteiger partial charge in [-0.1, -0.05) is 49.4 Å². The van der Waals surface area contributed by atoms with E-state index in [1.165, 1.54) is 0 Å². The zero-order valence-corrected chi connectivity index (χ0v) is 26.4. The Morgan fingerprint density at radius 2 is 1.47 bits per heavy atom. The van der Waals surface area contributed by atoms with Gasteiger partial charge in [0.2, 0.25) is 0 Å². The molecule has 1 aromatic heterocycles. The van der Waals surface area contributed by atoms with Gasteiger partial charge in [-0.3, -0.25) is 4.99 Å². The first-order valence-corrected chi connectivity index (χ1v) is 14.7. The van der Waals surface area contributed by atoms with Gasteiger partial charge >= 0.3 is 30.3 Å². The molecule has 1 aliphatic rings. The lowest BCUT2D eigenvalue weighted by atomic mass is 9.98. The molecule has 1 atom stereocenters. The molecule has 10 nitrogen and oxygen atoms in total. The molecule has 0 bridgehead atoms. The summed E-state index contributed by atoms with van der Waals surface area (Å²) in [5.41, 5.74) is 7.49. The van der Waals surface area contributed by atoms with Crippen LogP contribution >= 0.6 is 0 Å². The Hall–Kier alpha value is -5.41. The molecule has 0 amide bonds. The first kappa shape index (κ1) is 38.0. The molecule has 49 heavy (non-hydrogen) atoms. The van der Waals surface area contributed by atoms with Crippen molar-refractivity contribution >= 4 is 34.8 Å². The highest BCUT2D eigenvalue weighted by Crippen LogP contribution is 2.27. The van der Waals surface area contributed by atoms with E-state index in [4.69, 9.17) is 24.8 Å². The van der Waals surface area contributed by atoms with Gasteiger partial charge in [-0.25, -0.2) is 19.4 Å². The molecule has 0 saturated heterocycles. The molecule has 0 radical (unpaired) electrons. The molecule has 4 N–H and O–H groups in total. The van der Waals surface area contributed by atoms with Gasteiger partial charge in [0.05, 0.1) is 23.1 Å². The van der Waals surface area contributed by atoms with E-state index in [1.807, 2.05) is 24.3 Å². The zero-order valence-electron chi connectivity index (χ0n) is 26.4. The van der Waals surface area contributed by atoms with Gasteiger partial charge in [-0.2, -0.15) is 26.3 Å². The molecule has 2 heterocycles. The Kier molecular flexibility index (Phi) is 12.2. The van der Waals surface area contributed by atoms with Crippen molar-refractivity contribution in [3.8, 4) is 11.1 Å². The maximum atomic E-state index is 11.6. The normalized spacial score (nSPS) is 14.1. The van der Waals surface area contributed by atoms with Crippen molar-refractivity contribution in [2.24, 2.45) is 4.99 Å². The van der Waals surface area contributed by atoms with Crippen LogP contribution in [0.1, 0.15) is 53.1 Å². The topological polar surface area (TPSA) is 154 Å². The number of carboxylic acid groups (broad SMARTS) is 3. The van der Waals surface area contributed by atoms with E-state index in [1.54, 1.807) is 12.1 Å². The number of halogens is 6. The Labute approximate surface area is 275 Å². The van der Waals surface area contributed by atoms with Gasteiger partial charge in [0.15, 0.2) is 0 Å². The van der Waals surface area contributed by atoms with Gasteiger partial charge in [0.1, 0.15) is 11.7 Å². The van der Waals surface area contributed by atoms with Gasteiger partial charge in [0, 0.05) is 24.6 Å². The monoisotopic (exact) mass is 694 g/mol. The van der Waals surface area contributed by atoms with Gasteiger partial charge in [-0.05, 0) is 60.7 Å². The van der Waals surface area contributed by atoms with E-state index in [0.29, 0.717) is 18.2 Å². The van der Waals surface area contributed by atoms with Crippen molar-refractivity contribution in [2.75, 3.05) is 6.54 Å². The fraction of sp³-hybridized carbons (Fsp3) is 0.303. The standard InChI is InChI=1S/C29H30N4O2.2C2HF3O2/c1-4-7-26-32-27-18(2)14-22(28-30-16-19(3)31-28)15-25(27)33(26)17-20-10-12-21(13-11-20)23-8-5-6-9-24(23)29(34)35;2*3-2(4,5)1(6)7/h5-6,8-15,19H,4,7,16-17H2,1-3H3,(H,30,31)(H,34,35);2*(H,6,7). The lowest BCUT2D eigenvalue weighted by Crippen LogP contribution is -2.27. The van der Waals surface area contributed by atoms with Gasteiger partial charge < -0.3 is 25.2 Å². The minimum absolute atomic E-state index is 0.312. The Balaban J connectivity index is 0.000000392.